The van der Waals surface area contributed by atoms with E-state index in [0.29, 0.717) is 11.9 Å². The van der Waals surface area contributed by atoms with E-state index in [1.165, 1.54) is 18.4 Å². The SMILES string of the molecule is CN(CCCC1CCCO1)Cc1cccc(OCC(N)=O)c1.O=CO. The zero-order chi connectivity index (χ0) is 18.5. The molecule has 1 aliphatic heterocycles. The predicted octanol–water partition coefficient (Wildman–Crippen LogP) is 1.64. The van der Waals surface area contributed by atoms with E-state index in [1.807, 2.05) is 18.2 Å². The smallest absolute Gasteiger partial charge is 0.290 e. The molecule has 0 saturated carbocycles. The summed E-state index contributed by atoms with van der Waals surface area (Å²) in [4.78, 5) is 21.4. The van der Waals surface area contributed by atoms with E-state index in [-0.39, 0.29) is 13.1 Å². The van der Waals surface area contributed by atoms with Gasteiger partial charge >= 0.3 is 0 Å². The van der Waals surface area contributed by atoms with Crippen molar-refractivity contribution >= 4 is 12.4 Å². The number of hydrogen-bond acceptors (Lipinski definition) is 5. The van der Waals surface area contributed by atoms with E-state index in [4.69, 9.17) is 25.1 Å². The Kier molecular flexibility index (Phi) is 10.3. The molecule has 0 aromatic heterocycles. The quantitative estimate of drug-likeness (QED) is 0.655. The Morgan fingerprint density at radius 1 is 1.52 bits per heavy atom. The number of nitrogens with two attached hydrogens (primary N) is 1. The number of primary amides is 1. The van der Waals surface area contributed by atoms with Crippen molar-refractivity contribution in [3.05, 3.63) is 29.8 Å². The molecule has 1 aromatic carbocycles. The first kappa shape index (κ1) is 20.9. The van der Waals surface area contributed by atoms with Crippen molar-refractivity contribution in [1.29, 1.82) is 0 Å². The molecule has 1 saturated heterocycles. The van der Waals surface area contributed by atoms with Crippen LogP contribution in [-0.2, 0) is 20.9 Å². The minimum Gasteiger partial charge on any atom is -0.484 e. The van der Waals surface area contributed by atoms with Crippen LogP contribution in [0.3, 0.4) is 0 Å². The molecule has 1 fully saturated rings. The first-order valence-corrected chi connectivity index (χ1v) is 8.43. The van der Waals surface area contributed by atoms with Crippen LogP contribution in [0.1, 0.15) is 31.2 Å². The molecule has 1 aromatic rings. The van der Waals surface area contributed by atoms with Crippen molar-refractivity contribution in [2.75, 3.05) is 26.8 Å². The van der Waals surface area contributed by atoms with Crippen molar-refractivity contribution in [2.45, 2.75) is 38.3 Å². The maximum absolute atomic E-state index is 10.7. The summed E-state index contributed by atoms with van der Waals surface area (Å²) in [7, 11) is 2.12. The van der Waals surface area contributed by atoms with Crippen LogP contribution in [0.5, 0.6) is 5.75 Å². The van der Waals surface area contributed by atoms with Gasteiger partial charge in [-0.2, -0.15) is 0 Å². The summed E-state index contributed by atoms with van der Waals surface area (Å²) in [6.45, 7) is 2.50. The van der Waals surface area contributed by atoms with Crippen LogP contribution in [0.4, 0.5) is 0 Å². The van der Waals surface area contributed by atoms with E-state index < -0.39 is 5.91 Å². The van der Waals surface area contributed by atoms with Crippen LogP contribution in [0.25, 0.3) is 0 Å². The standard InChI is InChI=1S/C17H26N2O3.CH2O2/c1-19(9-3-7-15-8-4-10-21-15)12-14-5-2-6-16(11-14)22-13-17(18)20;2-1-3/h2,5-6,11,15H,3-4,7-10,12-13H2,1H3,(H2,18,20);1H,(H,2,3). The summed E-state index contributed by atoms with van der Waals surface area (Å²) in [6.07, 6.45) is 5.19. The lowest BCUT2D eigenvalue weighted by Crippen LogP contribution is -2.21. The fourth-order valence-electron chi connectivity index (χ4n) is 2.74. The largest absolute Gasteiger partial charge is 0.484 e. The van der Waals surface area contributed by atoms with Gasteiger partial charge in [-0.05, 0) is 57.0 Å². The van der Waals surface area contributed by atoms with Gasteiger partial charge in [0.2, 0.25) is 0 Å². The van der Waals surface area contributed by atoms with E-state index in [1.54, 1.807) is 0 Å². The molecule has 2 rings (SSSR count). The molecule has 7 nitrogen and oxygen atoms in total. The number of amides is 1. The van der Waals surface area contributed by atoms with Crippen LogP contribution in [0.2, 0.25) is 0 Å². The number of carbonyl (C=O) groups excluding carboxylic acids is 1. The summed E-state index contributed by atoms with van der Waals surface area (Å²) in [6, 6.07) is 7.79. The number of hydrogen-bond donors (Lipinski definition) is 2. The number of nitrogens with zero attached hydrogens (tertiary/aromatic N) is 1. The lowest BCUT2D eigenvalue weighted by molar-refractivity contribution is -0.123. The Morgan fingerprint density at radius 3 is 2.92 bits per heavy atom. The molecule has 1 unspecified atom stereocenters. The van der Waals surface area contributed by atoms with Crippen molar-refractivity contribution in [1.82, 2.24) is 4.90 Å². The highest BCUT2D eigenvalue weighted by molar-refractivity contribution is 5.75. The molecular formula is C18H28N2O5. The molecule has 1 atom stereocenters. The van der Waals surface area contributed by atoms with Crippen molar-refractivity contribution in [3.8, 4) is 5.75 Å². The van der Waals surface area contributed by atoms with Gasteiger partial charge in [-0.3, -0.25) is 9.59 Å². The molecule has 25 heavy (non-hydrogen) atoms. The first-order chi connectivity index (χ1) is 12.0. The van der Waals surface area contributed by atoms with Crippen molar-refractivity contribution in [3.63, 3.8) is 0 Å². The average Bonchev–Trinajstić information content (AvgIpc) is 3.07. The monoisotopic (exact) mass is 352 g/mol. The highest BCUT2D eigenvalue weighted by Crippen LogP contribution is 2.18. The lowest BCUT2D eigenvalue weighted by atomic mass is 10.1. The summed E-state index contributed by atoms with van der Waals surface area (Å²) < 4.78 is 11.0. The first-order valence-electron chi connectivity index (χ1n) is 8.43. The molecule has 1 aliphatic rings. The fourth-order valence-corrected chi connectivity index (χ4v) is 2.74. The Balaban J connectivity index is 0.000000970. The Bertz CT molecular complexity index is 518. The molecule has 140 valence electrons. The Morgan fingerprint density at radius 2 is 2.28 bits per heavy atom. The van der Waals surface area contributed by atoms with Gasteiger partial charge in [-0.25, -0.2) is 0 Å². The van der Waals surface area contributed by atoms with Gasteiger partial charge in [0.05, 0.1) is 6.10 Å². The molecule has 1 amide bonds. The van der Waals surface area contributed by atoms with Gasteiger partial charge in [0.15, 0.2) is 6.61 Å². The number of carboxylic acid groups (broad SMARTS) is 1. The fraction of sp³-hybridized carbons (Fsp3) is 0.556. The number of rotatable bonds is 9. The van der Waals surface area contributed by atoms with Gasteiger partial charge in [-0.15, -0.1) is 0 Å². The van der Waals surface area contributed by atoms with Gasteiger partial charge in [0.25, 0.3) is 12.4 Å². The Hall–Kier alpha value is -2.12. The van der Waals surface area contributed by atoms with Crippen molar-refractivity contribution < 1.29 is 24.2 Å². The summed E-state index contributed by atoms with van der Waals surface area (Å²) in [5.74, 6) is 0.223. The molecule has 0 aliphatic carbocycles. The van der Waals surface area contributed by atoms with Crippen LogP contribution in [-0.4, -0.2) is 55.3 Å². The molecule has 0 bridgehead atoms. The molecule has 3 N–H and O–H groups in total. The Labute approximate surface area is 148 Å². The predicted molar refractivity (Wildman–Crippen MR) is 94.4 cm³/mol. The lowest BCUT2D eigenvalue weighted by Gasteiger charge is -2.18. The van der Waals surface area contributed by atoms with Gasteiger partial charge < -0.3 is 25.2 Å². The van der Waals surface area contributed by atoms with E-state index >= 15 is 0 Å². The average molecular weight is 352 g/mol. The molecule has 1 heterocycles. The highest BCUT2D eigenvalue weighted by atomic mass is 16.5. The molecule has 0 spiro atoms. The highest BCUT2D eigenvalue weighted by Gasteiger charge is 2.14. The van der Waals surface area contributed by atoms with E-state index in [0.717, 1.165) is 32.5 Å². The second-order valence-corrected chi connectivity index (χ2v) is 6.02. The van der Waals surface area contributed by atoms with E-state index in [9.17, 15) is 4.79 Å². The van der Waals surface area contributed by atoms with Crippen LogP contribution < -0.4 is 10.5 Å². The third kappa shape index (κ3) is 9.69. The molecule has 7 heteroatoms. The van der Waals surface area contributed by atoms with Crippen LogP contribution in [0.15, 0.2) is 24.3 Å². The molecular weight excluding hydrogens is 324 g/mol. The second kappa shape index (κ2) is 12.3. The van der Waals surface area contributed by atoms with E-state index in [2.05, 4.69) is 18.0 Å². The third-order valence-corrected chi connectivity index (χ3v) is 3.82. The van der Waals surface area contributed by atoms with Gasteiger partial charge in [0, 0.05) is 13.2 Å². The summed E-state index contributed by atoms with van der Waals surface area (Å²) >= 11 is 0. The summed E-state index contributed by atoms with van der Waals surface area (Å²) in [5.41, 5.74) is 6.25. The van der Waals surface area contributed by atoms with Gasteiger partial charge in [-0.1, -0.05) is 12.1 Å². The van der Waals surface area contributed by atoms with Crippen LogP contribution >= 0.6 is 0 Å². The normalized spacial score (nSPS) is 16.2. The summed E-state index contributed by atoms with van der Waals surface area (Å²) in [5, 5.41) is 6.89. The topological polar surface area (TPSA) is 102 Å². The van der Waals surface area contributed by atoms with Crippen molar-refractivity contribution in [2.24, 2.45) is 5.73 Å². The molecule has 0 radical (unpaired) electrons. The number of carbonyl (C=O) groups is 2. The minimum absolute atomic E-state index is 0.0827. The van der Waals surface area contributed by atoms with Crippen LogP contribution in [0, 0.1) is 0 Å². The van der Waals surface area contributed by atoms with Gasteiger partial charge in [0.1, 0.15) is 5.75 Å². The third-order valence-electron chi connectivity index (χ3n) is 3.82. The maximum atomic E-state index is 10.7. The maximum Gasteiger partial charge on any atom is 0.290 e. The second-order valence-electron chi connectivity index (χ2n) is 6.02. The number of benzene rings is 1. The zero-order valence-corrected chi connectivity index (χ0v) is 14.7. The zero-order valence-electron chi connectivity index (χ0n) is 14.7. The number of ether oxygens (including phenoxy) is 2. The minimum atomic E-state index is -0.461.